The number of halogens is 4. The zero-order valence-corrected chi connectivity index (χ0v) is 18.6. The number of benzene rings is 2. The van der Waals surface area contributed by atoms with E-state index in [0.717, 1.165) is 12.1 Å². The molecule has 0 unspecified atom stereocenters. The van der Waals surface area contributed by atoms with E-state index in [9.17, 15) is 22.8 Å². The zero-order chi connectivity index (χ0) is 24.3. The molecule has 1 aliphatic heterocycles. The number of nitrogens with one attached hydrogen (secondary N) is 1. The molecule has 10 heteroatoms. The highest BCUT2D eigenvalue weighted by Crippen LogP contribution is 2.32. The first kappa shape index (κ1) is 23.6. The summed E-state index contributed by atoms with van der Waals surface area (Å²) >= 11 is 5.97. The first-order valence-corrected chi connectivity index (χ1v) is 10.8. The molecule has 2 heterocycles. The molecule has 4 rings (SSSR count). The Kier molecular flexibility index (Phi) is 6.74. The maximum absolute atomic E-state index is 13.2. The molecule has 2 aromatic carbocycles. The Morgan fingerprint density at radius 2 is 1.68 bits per heavy atom. The lowest BCUT2D eigenvalue weighted by atomic mass is 10.1. The largest absolute Gasteiger partial charge is 0.417 e. The number of rotatable bonds is 4. The molecule has 1 fully saturated rings. The Hall–Kier alpha value is -3.59. The van der Waals surface area contributed by atoms with Crippen LogP contribution in [-0.4, -0.2) is 47.9 Å². The van der Waals surface area contributed by atoms with Gasteiger partial charge in [0.2, 0.25) is 0 Å². The fraction of sp³-hybridized carbons (Fsp3) is 0.208. The normalized spacial score (nSPS) is 14.1. The van der Waals surface area contributed by atoms with Crippen molar-refractivity contribution in [3.63, 3.8) is 0 Å². The van der Waals surface area contributed by atoms with Gasteiger partial charge in [0.15, 0.2) is 0 Å². The van der Waals surface area contributed by atoms with Crippen LogP contribution in [0.15, 0.2) is 66.9 Å². The number of anilines is 2. The highest BCUT2D eigenvalue weighted by molar-refractivity contribution is 6.30. The van der Waals surface area contributed by atoms with Gasteiger partial charge in [0.05, 0.1) is 23.0 Å². The van der Waals surface area contributed by atoms with Crippen LogP contribution in [0.5, 0.6) is 0 Å². The van der Waals surface area contributed by atoms with E-state index in [1.54, 1.807) is 41.3 Å². The van der Waals surface area contributed by atoms with Crippen molar-refractivity contribution in [2.75, 3.05) is 36.4 Å². The van der Waals surface area contributed by atoms with Crippen molar-refractivity contribution >= 4 is 34.9 Å². The number of nitrogens with zero attached hydrogens (tertiary/aromatic N) is 3. The van der Waals surface area contributed by atoms with Crippen LogP contribution in [-0.2, 0) is 6.18 Å². The average Bonchev–Trinajstić information content (AvgIpc) is 2.83. The first-order valence-electron chi connectivity index (χ1n) is 10.5. The summed E-state index contributed by atoms with van der Waals surface area (Å²) in [5.74, 6) is -0.313. The number of carbonyl (C=O) groups is 2. The Morgan fingerprint density at radius 3 is 2.32 bits per heavy atom. The molecule has 1 aliphatic rings. The molecule has 0 spiro atoms. The molecule has 1 aromatic heterocycles. The van der Waals surface area contributed by atoms with Crippen molar-refractivity contribution in [1.82, 2.24) is 9.88 Å². The number of pyridine rings is 1. The molecule has 0 saturated carbocycles. The molecule has 34 heavy (non-hydrogen) atoms. The molecule has 0 radical (unpaired) electrons. The lowest BCUT2D eigenvalue weighted by Crippen LogP contribution is -2.49. The monoisotopic (exact) mass is 488 g/mol. The lowest BCUT2D eigenvalue weighted by Gasteiger charge is -2.35. The third-order valence-electron chi connectivity index (χ3n) is 5.45. The van der Waals surface area contributed by atoms with Crippen molar-refractivity contribution in [2.45, 2.75) is 6.18 Å². The Balaban J connectivity index is 1.37. The van der Waals surface area contributed by atoms with E-state index in [2.05, 4.69) is 10.3 Å². The summed E-state index contributed by atoms with van der Waals surface area (Å²) in [5.41, 5.74) is -0.645. The lowest BCUT2D eigenvalue weighted by molar-refractivity contribution is -0.137. The van der Waals surface area contributed by atoms with Crippen molar-refractivity contribution < 1.29 is 22.8 Å². The van der Waals surface area contributed by atoms with Crippen molar-refractivity contribution in [1.29, 1.82) is 0 Å². The third-order valence-corrected chi connectivity index (χ3v) is 5.68. The number of hydrogen-bond donors (Lipinski definition) is 1. The van der Waals surface area contributed by atoms with Gasteiger partial charge in [-0.15, -0.1) is 0 Å². The first-order chi connectivity index (χ1) is 16.2. The summed E-state index contributed by atoms with van der Waals surface area (Å²) in [6.07, 6.45) is -3.24. The Bertz CT molecular complexity index is 1190. The van der Waals surface area contributed by atoms with Gasteiger partial charge in [0.25, 0.3) is 11.8 Å². The van der Waals surface area contributed by atoms with Crippen LogP contribution >= 0.6 is 11.6 Å². The van der Waals surface area contributed by atoms with Gasteiger partial charge >= 0.3 is 6.18 Å². The molecule has 176 valence electrons. The van der Waals surface area contributed by atoms with Crippen LogP contribution in [0, 0.1) is 0 Å². The van der Waals surface area contributed by atoms with Gasteiger partial charge in [-0.3, -0.25) is 9.59 Å². The van der Waals surface area contributed by atoms with Crippen molar-refractivity contribution in [3.8, 4) is 0 Å². The van der Waals surface area contributed by atoms with Crippen LogP contribution in [0.3, 0.4) is 0 Å². The quantitative estimate of drug-likeness (QED) is 0.563. The highest BCUT2D eigenvalue weighted by atomic mass is 35.5. The molecule has 0 atom stereocenters. The number of piperazine rings is 1. The summed E-state index contributed by atoms with van der Waals surface area (Å²) in [5, 5.41) is 2.96. The van der Waals surface area contributed by atoms with Crippen molar-refractivity contribution in [2.24, 2.45) is 0 Å². The minimum Gasteiger partial charge on any atom is -0.353 e. The molecular weight excluding hydrogens is 469 g/mol. The summed E-state index contributed by atoms with van der Waals surface area (Å²) < 4.78 is 39.5. The topological polar surface area (TPSA) is 65.5 Å². The second-order valence-corrected chi connectivity index (χ2v) is 8.13. The zero-order valence-electron chi connectivity index (χ0n) is 17.8. The molecule has 1 saturated heterocycles. The standard InChI is InChI=1S/C24H20ClF3N4O2/c25-17-5-3-4-16(14-17)23(34)32-12-10-31(11-13-32)21-9-8-18(15-29-21)30-22(33)19-6-1-2-7-20(19)24(26,27)28/h1-9,14-15H,10-13H2,(H,30,33). The molecule has 3 aromatic rings. The van der Waals surface area contributed by atoms with E-state index >= 15 is 0 Å². The van der Waals surface area contributed by atoms with Crippen LogP contribution in [0.2, 0.25) is 5.02 Å². The Labute approximate surface area is 199 Å². The molecule has 2 amide bonds. The van der Waals surface area contributed by atoms with E-state index in [4.69, 9.17) is 11.6 Å². The van der Waals surface area contributed by atoms with Crippen molar-refractivity contribution in [3.05, 3.63) is 88.6 Å². The summed E-state index contributed by atoms with van der Waals surface area (Å²) in [6, 6.07) is 14.7. The maximum Gasteiger partial charge on any atom is 0.417 e. The fourth-order valence-corrected chi connectivity index (χ4v) is 3.91. The molecule has 6 nitrogen and oxygen atoms in total. The van der Waals surface area contributed by atoms with Crippen LogP contribution in [0.4, 0.5) is 24.7 Å². The summed E-state index contributed by atoms with van der Waals surface area (Å²) in [6.45, 7) is 2.12. The maximum atomic E-state index is 13.2. The molecule has 0 aliphatic carbocycles. The predicted octanol–water partition coefficient (Wildman–Crippen LogP) is 4.97. The van der Waals surface area contributed by atoms with E-state index in [1.807, 2.05) is 4.90 Å². The molecule has 1 N–H and O–H groups in total. The predicted molar refractivity (Wildman–Crippen MR) is 123 cm³/mol. The van der Waals surface area contributed by atoms with Gasteiger partial charge in [-0.2, -0.15) is 13.2 Å². The average molecular weight is 489 g/mol. The van der Waals surface area contributed by atoms with Gasteiger partial charge in [-0.05, 0) is 42.5 Å². The number of hydrogen-bond acceptors (Lipinski definition) is 4. The third kappa shape index (κ3) is 5.31. The van der Waals surface area contributed by atoms with Crippen LogP contribution in [0.25, 0.3) is 0 Å². The summed E-state index contributed by atoms with van der Waals surface area (Å²) in [7, 11) is 0. The number of alkyl halides is 3. The smallest absolute Gasteiger partial charge is 0.353 e. The fourth-order valence-electron chi connectivity index (χ4n) is 3.72. The van der Waals surface area contributed by atoms with E-state index in [1.165, 1.54) is 18.3 Å². The number of carbonyl (C=O) groups excluding carboxylic acids is 2. The van der Waals surface area contributed by atoms with E-state index in [-0.39, 0.29) is 11.6 Å². The van der Waals surface area contributed by atoms with E-state index < -0.39 is 23.2 Å². The second kappa shape index (κ2) is 9.72. The number of amides is 2. The Morgan fingerprint density at radius 1 is 0.941 bits per heavy atom. The van der Waals surface area contributed by atoms with Gasteiger partial charge in [0, 0.05) is 36.8 Å². The summed E-state index contributed by atoms with van der Waals surface area (Å²) in [4.78, 5) is 33.1. The molecular formula is C24H20ClF3N4O2. The van der Waals surface area contributed by atoms with Crippen LogP contribution in [0.1, 0.15) is 26.3 Å². The van der Waals surface area contributed by atoms with E-state index in [0.29, 0.717) is 42.6 Å². The molecule has 0 bridgehead atoms. The van der Waals surface area contributed by atoms with Gasteiger partial charge in [0.1, 0.15) is 5.82 Å². The minimum absolute atomic E-state index is 0.0905. The SMILES string of the molecule is O=C(Nc1ccc(N2CCN(C(=O)c3cccc(Cl)c3)CC2)nc1)c1ccccc1C(F)(F)F. The highest BCUT2D eigenvalue weighted by Gasteiger charge is 2.34. The van der Waals surface area contributed by atoms with Gasteiger partial charge in [-0.1, -0.05) is 29.8 Å². The van der Waals surface area contributed by atoms with Gasteiger partial charge < -0.3 is 15.1 Å². The van der Waals surface area contributed by atoms with Crippen LogP contribution < -0.4 is 10.2 Å². The minimum atomic E-state index is -4.63. The second-order valence-electron chi connectivity index (χ2n) is 7.69. The van der Waals surface area contributed by atoms with Gasteiger partial charge in [-0.25, -0.2) is 4.98 Å². The number of aromatic nitrogens is 1.